The molecule has 26 heavy (non-hydrogen) atoms. The number of rotatable bonds is 6. The molecule has 1 atom stereocenters. The zero-order valence-electron chi connectivity index (χ0n) is 14.3. The smallest absolute Gasteiger partial charge is 0.338 e. The molecule has 0 bridgehead atoms. The number of carbonyl (C=O) groups excluding carboxylic acids is 3. The van der Waals surface area contributed by atoms with Crippen molar-refractivity contribution in [3.05, 3.63) is 54.1 Å². The van der Waals surface area contributed by atoms with Crippen LogP contribution >= 0.6 is 0 Å². The second kappa shape index (κ2) is 8.52. The van der Waals surface area contributed by atoms with Crippen molar-refractivity contribution in [2.75, 3.05) is 17.7 Å². The molecule has 8 heteroatoms. The second-order valence-corrected chi connectivity index (χ2v) is 5.34. The maximum atomic E-state index is 12.2. The minimum atomic E-state index is -1.02. The SMILES string of the molecule is COc1ccc(NC(=O)[C@H](C)OC(=O)c2cccc(NC(N)=O)c2)cc1. The number of carbonyl (C=O) groups is 3. The third-order valence-electron chi connectivity index (χ3n) is 3.38. The molecule has 0 spiro atoms. The average Bonchev–Trinajstić information content (AvgIpc) is 2.62. The van der Waals surface area contributed by atoms with Crippen LogP contribution in [-0.4, -0.2) is 31.1 Å². The Morgan fingerprint density at radius 2 is 1.69 bits per heavy atom. The van der Waals surface area contributed by atoms with E-state index in [9.17, 15) is 14.4 Å². The van der Waals surface area contributed by atoms with Gasteiger partial charge in [0.2, 0.25) is 0 Å². The molecule has 0 saturated carbocycles. The Kier molecular flexibility index (Phi) is 6.15. The van der Waals surface area contributed by atoms with Crippen molar-refractivity contribution in [2.45, 2.75) is 13.0 Å². The van der Waals surface area contributed by atoms with Crippen molar-refractivity contribution in [2.24, 2.45) is 5.73 Å². The average molecular weight is 357 g/mol. The van der Waals surface area contributed by atoms with Gasteiger partial charge >= 0.3 is 12.0 Å². The highest BCUT2D eigenvalue weighted by atomic mass is 16.5. The lowest BCUT2D eigenvalue weighted by Gasteiger charge is -2.14. The number of methoxy groups -OCH3 is 1. The molecule has 0 saturated heterocycles. The number of primary amides is 1. The summed E-state index contributed by atoms with van der Waals surface area (Å²) in [4.78, 5) is 35.2. The van der Waals surface area contributed by atoms with Crippen LogP contribution in [0.3, 0.4) is 0 Å². The Morgan fingerprint density at radius 1 is 1.00 bits per heavy atom. The van der Waals surface area contributed by atoms with E-state index < -0.39 is 24.0 Å². The monoisotopic (exact) mass is 357 g/mol. The van der Waals surface area contributed by atoms with Crippen molar-refractivity contribution in [1.82, 2.24) is 0 Å². The summed E-state index contributed by atoms with van der Waals surface area (Å²) in [5, 5.41) is 5.00. The minimum Gasteiger partial charge on any atom is -0.497 e. The molecular formula is C18H19N3O5. The number of anilines is 2. The van der Waals surface area contributed by atoms with E-state index in [-0.39, 0.29) is 5.56 Å². The van der Waals surface area contributed by atoms with Crippen LogP contribution in [0, 0.1) is 0 Å². The lowest BCUT2D eigenvalue weighted by molar-refractivity contribution is -0.123. The lowest BCUT2D eigenvalue weighted by atomic mass is 10.2. The molecule has 136 valence electrons. The fraction of sp³-hybridized carbons (Fsp3) is 0.167. The van der Waals surface area contributed by atoms with Crippen molar-refractivity contribution in [1.29, 1.82) is 0 Å². The van der Waals surface area contributed by atoms with E-state index in [1.165, 1.54) is 19.1 Å². The Balaban J connectivity index is 1.97. The Bertz CT molecular complexity index is 805. The van der Waals surface area contributed by atoms with E-state index in [0.717, 1.165) is 0 Å². The normalized spacial score (nSPS) is 11.2. The van der Waals surface area contributed by atoms with Crippen molar-refractivity contribution < 1.29 is 23.9 Å². The number of nitrogens with two attached hydrogens (primary N) is 1. The van der Waals surface area contributed by atoms with Gasteiger partial charge in [0, 0.05) is 11.4 Å². The highest BCUT2D eigenvalue weighted by Gasteiger charge is 2.19. The summed E-state index contributed by atoms with van der Waals surface area (Å²) in [6.07, 6.45) is -1.02. The van der Waals surface area contributed by atoms with E-state index in [4.69, 9.17) is 15.2 Å². The van der Waals surface area contributed by atoms with Crippen molar-refractivity contribution in [3.8, 4) is 5.75 Å². The zero-order chi connectivity index (χ0) is 19.1. The molecule has 2 aromatic carbocycles. The summed E-state index contributed by atoms with van der Waals surface area (Å²) in [6.45, 7) is 1.46. The number of nitrogens with one attached hydrogen (secondary N) is 2. The van der Waals surface area contributed by atoms with Crippen LogP contribution in [0.15, 0.2) is 48.5 Å². The highest BCUT2D eigenvalue weighted by Crippen LogP contribution is 2.16. The van der Waals surface area contributed by atoms with Gasteiger partial charge in [-0.05, 0) is 49.4 Å². The van der Waals surface area contributed by atoms with Crippen LogP contribution in [0.5, 0.6) is 5.75 Å². The molecule has 0 aliphatic carbocycles. The third kappa shape index (κ3) is 5.23. The van der Waals surface area contributed by atoms with Crippen LogP contribution in [0.25, 0.3) is 0 Å². The fourth-order valence-corrected chi connectivity index (χ4v) is 2.07. The van der Waals surface area contributed by atoms with E-state index in [2.05, 4.69) is 10.6 Å². The minimum absolute atomic E-state index is 0.181. The fourth-order valence-electron chi connectivity index (χ4n) is 2.07. The first kappa shape index (κ1) is 18.8. The van der Waals surface area contributed by atoms with Crippen LogP contribution in [0.1, 0.15) is 17.3 Å². The van der Waals surface area contributed by atoms with E-state index in [0.29, 0.717) is 17.1 Å². The number of urea groups is 1. The van der Waals surface area contributed by atoms with Crippen LogP contribution in [-0.2, 0) is 9.53 Å². The first-order valence-corrected chi connectivity index (χ1v) is 7.71. The summed E-state index contributed by atoms with van der Waals surface area (Å²) in [7, 11) is 1.54. The number of benzene rings is 2. The number of hydrogen-bond acceptors (Lipinski definition) is 5. The Hall–Kier alpha value is -3.55. The Morgan fingerprint density at radius 3 is 2.31 bits per heavy atom. The molecule has 0 aliphatic heterocycles. The summed E-state index contributed by atoms with van der Waals surface area (Å²) in [5.41, 5.74) is 6.11. The largest absolute Gasteiger partial charge is 0.497 e. The van der Waals surface area contributed by atoms with Gasteiger partial charge in [-0.15, -0.1) is 0 Å². The number of ether oxygens (including phenoxy) is 2. The molecule has 0 unspecified atom stereocenters. The molecule has 0 fully saturated rings. The first-order valence-electron chi connectivity index (χ1n) is 7.71. The third-order valence-corrected chi connectivity index (χ3v) is 3.38. The predicted molar refractivity (Wildman–Crippen MR) is 96.1 cm³/mol. The quantitative estimate of drug-likeness (QED) is 0.686. The maximum Gasteiger partial charge on any atom is 0.338 e. The molecule has 2 rings (SSSR count). The van der Waals surface area contributed by atoms with E-state index in [1.807, 2.05) is 0 Å². The van der Waals surface area contributed by atoms with E-state index >= 15 is 0 Å². The van der Waals surface area contributed by atoms with Gasteiger partial charge in [0.05, 0.1) is 12.7 Å². The standard InChI is InChI=1S/C18H19N3O5/c1-11(16(22)20-13-6-8-15(25-2)9-7-13)26-17(23)12-4-3-5-14(10-12)21-18(19)24/h3-11H,1-2H3,(H,20,22)(H3,19,21,24)/t11-/m0/s1. The van der Waals surface area contributed by atoms with Gasteiger partial charge < -0.3 is 25.8 Å². The molecular weight excluding hydrogens is 338 g/mol. The van der Waals surface area contributed by atoms with Gasteiger partial charge in [-0.25, -0.2) is 9.59 Å². The van der Waals surface area contributed by atoms with Crippen LogP contribution in [0.2, 0.25) is 0 Å². The summed E-state index contributed by atoms with van der Waals surface area (Å²) in [5.74, 6) is -0.516. The maximum absolute atomic E-state index is 12.2. The zero-order valence-corrected chi connectivity index (χ0v) is 14.3. The van der Waals surface area contributed by atoms with Crippen molar-refractivity contribution in [3.63, 3.8) is 0 Å². The van der Waals surface area contributed by atoms with Gasteiger partial charge in [0.1, 0.15) is 5.75 Å². The van der Waals surface area contributed by atoms with Crippen molar-refractivity contribution >= 4 is 29.3 Å². The molecule has 2 aromatic rings. The van der Waals surface area contributed by atoms with Gasteiger partial charge in [-0.1, -0.05) is 6.07 Å². The highest BCUT2D eigenvalue weighted by molar-refractivity contribution is 5.98. The first-order chi connectivity index (χ1) is 12.4. The van der Waals surface area contributed by atoms with Gasteiger partial charge in [0.15, 0.2) is 6.10 Å². The Labute approximate surface area is 150 Å². The molecule has 3 amide bonds. The van der Waals surface area contributed by atoms with E-state index in [1.54, 1.807) is 43.5 Å². The lowest BCUT2D eigenvalue weighted by Crippen LogP contribution is -2.30. The molecule has 0 heterocycles. The molecule has 0 aliphatic rings. The van der Waals surface area contributed by atoms with Gasteiger partial charge in [0.25, 0.3) is 5.91 Å². The van der Waals surface area contributed by atoms with Crippen LogP contribution in [0.4, 0.5) is 16.2 Å². The molecule has 8 nitrogen and oxygen atoms in total. The predicted octanol–water partition coefficient (Wildman–Crippen LogP) is 2.37. The molecule has 0 aromatic heterocycles. The molecule has 4 N–H and O–H groups in total. The molecule has 0 radical (unpaired) electrons. The second-order valence-electron chi connectivity index (χ2n) is 5.34. The number of esters is 1. The number of amides is 3. The van der Waals surface area contributed by atoms with Crippen LogP contribution < -0.4 is 21.1 Å². The summed E-state index contributed by atoms with van der Waals surface area (Å²) in [6, 6.07) is 12.0. The summed E-state index contributed by atoms with van der Waals surface area (Å²) < 4.78 is 10.2. The van der Waals surface area contributed by atoms with Gasteiger partial charge in [-0.3, -0.25) is 4.79 Å². The topological polar surface area (TPSA) is 120 Å². The summed E-state index contributed by atoms with van der Waals surface area (Å²) >= 11 is 0. The number of hydrogen-bond donors (Lipinski definition) is 3. The van der Waals surface area contributed by atoms with Gasteiger partial charge in [-0.2, -0.15) is 0 Å².